The average molecular weight is 453 g/mol. The topological polar surface area (TPSA) is 24.9 Å². The van der Waals surface area contributed by atoms with Crippen LogP contribution in [0.5, 0.6) is 0 Å². The smallest absolute Gasteiger partial charge is 0.192 e. The molecule has 0 spiro atoms. The molecule has 0 radical (unpaired) electrons. The van der Waals surface area contributed by atoms with E-state index < -0.39 is 8.32 Å². The van der Waals surface area contributed by atoms with Crippen LogP contribution in [0.25, 0.3) is 0 Å². The molecule has 0 bridgehead atoms. The molecule has 4 nitrogen and oxygen atoms in total. The van der Waals surface area contributed by atoms with Gasteiger partial charge in [0.1, 0.15) is 0 Å². The van der Waals surface area contributed by atoms with Crippen molar-refractivity contribution in [1.29, 1.82) is 0 Å². The average Bonchev–Trinajstić information content (AvgIpc) is 3.35. The second-order valence-electron chi connectivity index (χ2n) is 11.0. The van der Waals surface area contributed by atoms with Gasteiger partial charge in [-0.3, -0.25) is 9.74 Å². The first-order valence-electron chi connectivity index (χ1n) is 12.1. The highest BCUT2D eigenvalue weighted by Crippen LogP contribution is 2.40. The van der Waals surface area contributed by atoms with E-state index >= 15 is 0 Å². The van der Waals surface area contributed by atoms with E-state index in [1.807, 2.05) is 0 Å². The molecule has 2 aliphatic rings. The number of hydrogen-bond acceptors (Lipinski definition) is 4. The van der Waals surface area contributed by atoms with Crippen LogP contribution in [-0.2, 0) is 22.4 Å². The molecule has 0 aliphatic carbocycles. The van der Waals surface area contributed by atoms with Crippen molar-refractivity contribution in [2.24, 2.45) is 0 Å². The van der Waals surface area contributed by atoms with Gasteiger partial charge in [-0.05, 0) is 42.1 Å². The van der Waals surface area contributed by atoms with Gasteiger partial charge in [-0.15, -0.1) is 0 Å². The van der Waals surface area contributed by atoms with Crippen LogP contribution in [0.4, 0.5) is 0 Å². The normalized spacial score (nSPS) is 25.5. The van der Waals surface area contributed by atoms with Crippen molar-refractivity contribution in [2.75, 3.05) is 13.1 Å². The Morgan fingerprint density at radius 1 is 0.938 bits per heavy atom. The molecule has 2 aromatic carbocycles. The summed E-state index contributed by atoms with van der Waals surface area (Å²) in [5.74, 6) is 0. The maximum absolute atomic E-state index is 6.87. The van der Waals surface area contributed by atoms with Crippen LogP contribution in [0.3, 0.4) is 0 Å². The van der Waals surface area contributed by atoms with Crippen molar-refractivity contribution >= 4 is 8.32 Å². The highest BCUT2D eigenvalue weighted by atomic mass is 28.4. The summed E-state index contributed by atoms with van der Waals surface area (Å²) in [5, 5.41) is 2.38. The Morgan fingerprint density at radius 3 is 2.12 bits per heavy atom. The minimum absolute atomic E-state index is 0.228. The van der Waals surface area contributed by atoms with Crippen molar-refractivity contribution < 1.29 is 9.26 Å². The molecule has 2 aromatic rings. The second-order valence-corrected chi connectivity index (χ2v) is 15.8. The molecule has 0 amide bonds. The summed E-state index contributed by atoms with van der Waals surface area (Å²) in [7, 11) is -1.80. The first-order valence-corrected chi connectivity index (χ1v) is 15.0. The Kier molecular flexibility index (Phi) is 7.23. The van der Waals surface area contributed by atoms with E-state index in [9.17, 15) is 0 Å². The van der Waals surface area contributed by atoms with Gasteiger partial charge in [0, 0.05) is 32.2 Å². The molecule has 0 unspecified atom stereocenters. The summed E-state index contributed by atoms with van der Waals surface area (Å²) in [6.45, 7) is 15.5. The van der Waals surface area contributed by atoms with Gasteiger partial charge in [-0.25, -0.2) is 0 Å². The summed E-state index contributed by atoms with van der Waals surface area (Å²) in [5.41, 5.74) is 2.67. The lowest BCUT2D eigenvalue weighted by molar-refractivity contribution is -0.167. The minimum atomic E-state index is -1.80. The van der Waals surface area contributed by atoms with E-state index in [1.54, 1.807) is 0 Å². The van der Waals surface area contributed by atoms with Crippen molar-refractivity contribution in [3.05, 3.63) is 71.8 Å². The fourth-order valence-electron chi connectivity index (χ4n) is 4.69. The summed E-state index contributed by atoms with van der Waals surface area (Å²) >= 11 is 0. The highest BCUT2D eigenvalue weighted by Gasteiger charge is 2.45. The summed E-state index contributed by atoms with van der Waals surface area (Å²) < 4.78 is 6.87. The maximum Gasteiger partial charge on any atom is 0.192 e. The molecular weight excluding hydrogens is 412 g/mol. The van der Waals surface area contributed by atoms with Gasteiger partial charge < -0.3 is 4.43 Å². The van der Waals surface area contributed by atoms with Gasteiger partial charge in [0.25, 0.3) is 0 Å². The maximum atomic E-state index is 6.87. The third-order valence-electron chi connectivity index (χ3n) is 7.49. The van der Waals surface area contributed by atoms with Gasteiger partial charge in [0.05, 0.1) is 12.2 Å². The lowest BCUT2D eigenvalue weighted by atomic mass is 10.0. The molecule has 2 fully saturated rings. The zero-order chi connectivity index (χ0) is 22.8. The van der Waals surface area contributed by atoms with Crippen molar-refractivity contribution in [3.63, 3.8) is 0 Å². The van der Waals surface area contributed by atoms with Crippen LogP contribution in [0.15, 0.2) is 60.7 Å². The van der Waals surface area contributed by atoms with E-state index in [2.05, 4.69) is 104 Å². The molecule has 2 saturated heterocycles. The van der Waals surface area contributed by atoms with Crippen LogP contribution >= 0.6 is 0 Å². The summed E-state index contributed by atoms with van der Waals surface area (Å²) in [6, 6.07) is 21.9. The molecule has 0 saturated carbocycles. The molecule has 5 heteroatoms. The van der Waals surface area contributed by atoms with Gasteiger partial charge in [0.2, 0.25) is 0 Å². The Morgan fingerprint density at radius 2 is 1.53 bits per heavy atom. The lowest BCUT2D eigenvalue weighted by Crippen LogP contribution is -2.44. The standard InChI is InChI=1S/C27H40N2O2Si/c1-27(2,3)32(4,5)31-24-18-25(28(21-24)19-22-12-8-6-9-13-22)26-16-17-29(30-26)20-23-14-10-7-11-15-23/h6-15,24-26H,16-21H2,1-5H3/t24-,25+,26-/m1/s1. The molecule has 2 heterocycles. The minimum Gasteiger partial charge on any atom is -0.413 e. The number of hydrogen-bond donors (Lipinski definition) is 0. The van der Waals surface area contributed by atoms with Crippen molar-refractivity contribution in [2.45, 2.75) is 83.1 Å². The van der Waals surface area contributed by atoms with Gasteiger partial charge in [-0.2, -0.15) is 5.06 Å². The number of nitrogens with zero attached hydrogens (tertiary/aromatic N) is 2. The zero-order valence-corrected chi connectivity index (χ0v) is 21.5. The van der Waals surface area contributed by atoms with E-state index in [4.69, 9.17) is 9.26 Å². The van der Waals surface area contributed by atoms with E-state index in [0.717, 1.165) is 39.0 Å². The summed E-state index contributed by atoms with van der Waals surface area (Å²) in [4.78, 5) is 9.13. The predicted octanol–water partition coefficient (Wildman–Crippen LogP) is 5.86. The Hall–Kier alpha value is -1.50. The molecule has 32 heavy (non-hydrogen) atoms. The fraction of sp³-hybridized carbons (Fsp3) is 0.556. The highest BCUT2D eigenvalue weighted by molar-refractivity contribution is 6.74. The largest absolute Gasteiger partial charge is 0.413 e. The third kappa shape index (κ3) is 5.70. The monoisotopic (exact) mass is 452 g/mol. The molecule has 3 atom stereocenters. The molecule has 174 valence electrons. The number of benzene rings is 2. The molecule has 4 rings (SSSR count). The van der Waals surface area contributed by atoms with E-state index in [1.165, 1.54) is 11.1 Å². The number of hydroxylamine groups is 2. The predicted molar refractivity (Wildman–Crippen MR) is 134 cm³/mol. The quantitative estimate of drug-likeness (QED) is 0.492. The van der Waals surface area contributed by atoms with E-state index in [0.29, 0.717) is 6.04 Å². The third-order valence-corrected chi connectivity index (χ3v) is 12.0. The molecule has 0 N–H and O–H groups in total. The van der Waals surface area contributed by atoms with Crippen molar-refractivity contribution in [3.8, 4) is 0 Å². The molecule has 0 aromatic heterocycles. The zero-order valence-electron chi connectivity index (χ0n) is 20.5. The molecular formula is C27H40N2O2Si. The Balaban J connectivity index is 1.45. The number of likely N-dealkylation sites (tertiary alicyclic amines) is 1. The van der Waals surface area contributed by atoms with Crippen LogP contribution in [-0.4, -0.2) is 49.6 Å². The van der Waals surface area contributed by atoms with Crippen molar-refractivity contribution in [1.82, 2.24) is 9.96 Å². The fourth-order valence-corrected chi connectivity index (χ4v) is 6.05. The van der Waals surface area contributed by atoms with Crippen LogP contribution in [0.1, 0.15) is 44.7 Å². The van der Waals surface area contributed by atoms with Crippen LogP contribution in [0.2, 0.25) is 18.1 Å². The Bertz CT molecular complexity index is 853. The number of rotatable bonds is 7. The van der Waals surface area contributed by atoms with Gasteiger partial charge >= 0.3 is 0 Å². The van der Waals surface area contributed by atoms with E-state index in [-0.39, 0.29) is 17.2 Å². The van der Waals surface area contributed by atoms with Crippen LogP contribution in [0, 0.1) is 0 Å². The lowest BCUT2D eigenvalue weighted by Gasteiger charge is -2.38. The molecule has 2 aliphatic heterocycles. The first kappa shape index (κ1) is 23.6. The van der Waals surface area contributed by atoms with Gasteiger partial charge in [0.15, 0.2) is 8.32 Å². The van der Waals surface area contributed by atoms with Crippen LogP contribution < -0.4 is 0 Å². The SMILES string of the molecule is CC(C)(C)[Si](C)(C)O[C@@H]1C[C@@H]([C@H]2CCN(Cc3ccccc3)O2)N(Cc2ccccc2)C1. The second kappa shape index (κ2) is 9.78. The van der Waals surface area contributed by atoms with Gasteiger partial charge in [-0.1, -0.05) is 81.4 Å². The first-order chi connectivity index (χ1) is 15.2. The Labute approximate surface area is 195 Å². The summed E-state index contributed by atoms with van der Waals surface area (Å²) in [6.07, 6.45) is 2.66.